The Kier molecular flexibility index (Phi) is 6.23. The van der Waals surface area contributed by atoms with E-state index in [1.54, 1.807) is 0 Å². The maximum Gasteiger partial charge on any atom is 0.177 e. The average Bonchev–Trinajstić information content (AvgIpc) is 2.46. The van der Waals surface area contributed by atoms with Gasteiger partial charge in [0.05, 0.1) is 13.2 Å². The molecule has 23 heavy (non-hydrogen) atoms. The van der Waals surface area contributed by atoms with E-state index in [4.69, 9.17) is 4.74 Å². The average molecular weight is 317 g/mol. The minimum atomic E-state index is 0.234. The van der Waals surface area contributed by atoms with Crippen molar-refractivity contribution in [3.63, 3.8) is 0 Å². The van der Waals surface area contributed by atoms with Gasteiger partial charge >= 0.3 is 0 Å². The van der Waals surface area contributed by atoms with Gasteiger partial charge in [-0.25, -0.2) is 0 Å². The van der Waals surface area contributed by atoms with Gasteiger partial charge in [0.15, 0.2) is 5.78 Å². The number of ether oxygens (including phenoxy) is 1. The van der Waals surface area contributed by atoms with Crippen LogP contribution in [-0.4, -0.2) is 36.9 Å². The van der Waals surface area contributed by atoms with Crippen molar-refractivity contribution < 1.29 is 9.53 Å². The van der Waals surface area contributed by atoms with Crippen LogP contribution in [0.2, 0.25) is 0 Å². The highest BCUT2D eigenvalue weighted by Crippen LogP contribution is 2.26. The molecule has 0 aliphatic carbocycles. The number of nitrogens with zero attached hydrogens (tertiary/aromatic N) is 1. The molecule has 3 nitrogen and oxygen atoms in total. The lowest BCUT2D eigenvalue weighted by Crippen LogP contribution is -2.41. The van der Waals surface area contributed by atoms with Crippen molar-refractivity contribution in [2.45, 2.75) is 47.0 Å². The van der Waals surface area contributed by atoms with Gasteiger partial charge in [-0.1, -0.05) is 27.7 Å². The number of likely N-dealkylation sites (tertiary alicyclic amines) is 1. The molecule has 0 N–H and O–H groups in total. The van der Waals surface area contributed by atoms with Gasteiger partial charge in [0.25, 0.3) is 0 Å². The number of piperidine rings is 1. The summed E-state index contributed by atoms with van der Waals surface area (Å²) in [4.78, 5) is 15.2. The van der Waals surface area contributed by atoms with Gasteiger partial charge in [0.1, 0.15) is 5.75 Å². The molecule has 0 bridgehead atoms. The maximum absolute atomic E-state index is 12.8. The van der Waals surface area contributed by atoms with Gasteiger partial charge in [-0.15, -0.1) is 0 Å². The zero-order valence-electron chi connectivity index (χ0n) is 15.3. The van der Waals surface area contributed by atoms with Crippen LogP contribution in [-0.2, 0) is 0 Å². The molecule has 1 heterocycles. The van der Waals surface area contributed by atoms with Gasteiger partial charge in [-0.2, -0.15) is 0 Å². The third-order valence-electron chi connectivity index (χ3n) is 4.57. The number of hydrogen-bond acceptors (Lipinski definition) is 3. The number of ketones is 1. The lowest BCUT2D eigenvalue weighted by molar-refractivity contribution is 0.0848. The first-order chi connectivity index (χ1) is 10.9. The fraction of sp³-hybridized carbons (Fsp3) is 0.650. The van der Waals surface area contributed by atoms with Crippen LogP contribution in [0.1, 0.15) is 62.9 Å². The lowest BCUT2D eigenvalue weighted by atomic mass is 9.90. The molecule has 1 aromatic carbocycles. The summed E-state index contributed by atoms with van der Waals surface area (Å²) in [5.41, 5.74) is 1.95. The smallest absolute Gasteiger partial charge is 0.177 e. The SMILES string of the molecule is CCOc1ccc(C(=O)CN2CC(C)CC(C)C2)c(C(C)C)c1. The Morgan fingerprint density at radius 2 is 1.91 bits per heavy atom. The Labute approximate surface area is 141 Å². The van der Waals surface area contributed by atoms with Crippen molar-refractivity contribution in [1.29, 1.82) is 0 Å². The molecule has 0 amide bonds. The number of rotatable bonds is 6. The zero-order chi connectivity index (χ0) is 17.0. The molecule has 3 heteroatoms. The number of carbonyl (C=O) groups is 1. The third-order valence-corrected chi connectivity index (χ3v) is 4.57. The maximum atomic E-state index is 12.8. The van der Waals surface area contributed by atoms with Crippen LogP contribution in [0.5, 0.6) is 5.75 Å². The first kappa shape index (κ1) is 18.0. The van der Waals surface area contributed by atoms with Crippen LogP contribution >= 0.6 is 0 Å². The summed E-state index contributed by atoms with van der Waals surface area (Å²) in [5, 5.41) is 0. The summed E-state index contributed by atoms with van der Waals surface area (Å²) in [6.45, 7) is 14.0. The fourth-order valence-electron chi connectivity index (χ4n) is 3.74. The second kappa shape index (κ2) is 7.96. The van der Waals surface area contributed by atoms with Crippen molar-refractivity contribution in [3.05, 3.63) is 29.3 Å². The monoisotopic (exact) mass is 317 g/mol. The molecule has 0 aromatic heterocycles. The first-order valence-corrected chi connectivity index (χ1v) is 8.93. The molecule has 2 atom stereocenters. The van der Waals surface area contributed by atoms with E-state index in [0.29, 0.717) is 30.9 Å². The van der Waals surface area contributed by atoms with Gasteiger partial charge in [-0.05, 0) is 54.9 Å². The summed E-state index contributed by atoms with van der Waals surface area (Å²) in [6.07, 6.45) is 1.27. The van der Waals surface area contributed by atoms with Gasteiger partial charge in [0, 0.05) is 18.7 Å². The van der Waals surface area contributed by atoms with Gasteiger partial charge < -0.3 is 4.74 Å². The normalized spacial score (nSPS) is 22.3. The van der Waals surface area contributed by atoms with Gasteiger partial charge in [0.2, 0.25) is 0 Å². The number of benzene rings is 1. The van der Waals surface area contributed by atoms with E-state index in [2.05, 4.69) is 32.6 Å². The van der Waals surface area contributed by atoms with E-state index in [1.165, 1.54) is 6.42 Å². The second-order valence-corrected chi connectivity index (χ2v) is 7.40. The van der Waals surface area contributed by atoms with Gasteiger partial charge in [-0.3, -0.25) is 9.69 Å². The van der Waals surface area contributed by atoms with Crippen molar-refractivity contribution in [2.24, 2.45) is 11.8 Å². The zero-order valence-corrected chi connectivity index (χ0v) is 15.3. The van der Waals surface area contributed by atoms with Crippen LogP contribution in [0.4, 0.5) is 0 Å². The second-order valence-electron chi connectivity index (χ2n) is 7.40. The largest absolute Gasteiger partial charge is 0.494 e. The quantitative estimate of drug-likeness (QED) is 0.730. The predicted molar refractivity (Wildman–Crippen MR) is 95.4 cm³/mol. The number of carbonyl (C=O) groups excluding carboxylic acids is 1. The first-order valence-electron chi connectivity index (χ1n) is 8.93. The van der Waals surface area contributed by atoms with E-state index in [1.807, 2.05) is 25.1 Å². The molecule has 1 aliphatic rings. The van der Waals surface area contributed by atoms with Crippen LogP contribution in [0.3, 0.4) is 0 Å². The molecule has 0 spiro atoms. The summed E-state index contributed by atoms with van der Waals surface area (Å²) in [7, 11) is 0. The highest BCUT2D eigenvalue weighted by Gasteiger charge is 2.24. The van der Waals surface area contributed by atoms with E-state index >= 15 is 0 Å². The van der Waals surface area contributed by atoms with E-state index in [0.717, 1.165) is 30.0 Å². The predicted octanol–water partition coefficient (Wildman–Crippen LogP) is 4.37. The molecule has 1 aliphatic heterocycles. The Bertz CT molecular complexity index is 528. The van der Waals surface area contributed by atoms with E-state index in [9.17, 15) is 4.79 Å². The summed E-state index contributed by atoms with van der Waals surface area (Å²) >= 11 is 0. The molecular weight excluding hydrogens is 286 g/mol. The molecule has 0 radical (unpaired) electrons. The van der Waals surface area contributed by atoms with Crippen molar-refractivity contribution in [1.82, 2.24) is 4.90 Å². The minimum Gasteiger partial charge on any atom is -0.494 e. The summed E-state index contributed by atoms with van der Waals surface area (Å²) in [6, 6.07) is 5.90. The Balaban J connectivity index is 2.14. The number of Topliss-reactive ketones (excluding diaryl/α,β-unsaturated/α-hetero) is 1. The van der Waals surface area contributed by atoms with Crippen LogP contribution in [0.25, 0.3) is 0 Å². The standard InChI is InChI=1S/C20H31NO2/c1-6-23-17-7-8-18(19(10-17)14(2)3)20(22)13-21-11-15(4)9-16(5)12-21/h7-8,10,14-16H,6,9,11-13H2,1-5H3. The molecule has 1 aromatic rings. The third kappa shape index (κ3) is 4.81. The molecule has 2 rings (SSSR count). The molecule has 0 saturated carbocycles. The highest BCUT2D eigenvalue weighted by atomic mass is 16.5. The van der Waals surface area contributed by atoms with Crippen LogP contribution in [0.15, 0.2) is 18.2 Å². The van der Waals surface area contributed by atoms with Crippen molar-refractivity contribution >= 4 is 5.78 Å². The molecular formula is C20H31NO2. The summed E-state index contributed by atoms with van der Waals surface area (Å²) < 4.78 is 5.59. The van der Waals surface area contributed by atoms with Crippen LogP contribution in [0, 0.1) is 11.8 Å². The molecule has 2 unspecified atom stereocenters. The Morgan fingerprint density at radius 3 is 2.48 bits per heavy atom. The van der Waals surface area contributed by atoms with Crippen LogP contribution < -0.4 is 4.74 Å². The van der Waals surface area contributed by atoms with Crippen molar-refractivity contribution in [2.75, 3.05) is 26.2 Å². The summed E-state index contributed by atoms with van der Waals surface area (Å²) in [5.74, 6) is 2.76. The lowest BCUT2D eigenvalue weighted by Gasteiger charge is -2.34. The highest BCUT2D eigenvalue weighted by molar-refractivity contribution is 5.99. The Hall–Kier alpha value is -1.35. The topological polar surface area (TPSA) is 29.5 Å². The van der Waals surface area contributed by atoms with Crippen molar-refractivity contribution in [3.8, 4) is 5.75 Å². The fourth-order valence-corrected chi connectivity index (χ4v) is 3.74. The molecule has 1 fully saturated rings. The van der Waals surface area contributed by atoms with E-state index < -0.39 is 0 Å². The molecule has 1 saturated heterocycles. The Morgan fingerprint density at radius 1 is 1.26 bits per heavy atom. The minimum absolute atomic E-state index is 0.234. The number of hydrogen-bond donors (Lipinski definition) is 0. The molecule has 128 valence electrons. The van der Waals surface area contributed by atoms with E-state index in [-0.39, 0.29) is 5.78 Å².